The van der Waals surface area contributed by atoms with Crippen LogP contribution in [0.2, 0.25) is 0 Å². The standard InChI is InChI=1S/C6H6Cl2SSe/c7-1-5-3-9-4-6(2-8)10-5/h1-2H,3-4H2/b5-1+,6-2+. The molecule has 1 rings (SSSR count). The van der Waals surface area contributed by atoms with E-state index < -0.39 is 0 Å². The fourth-order valence-corrected chi connectivity index (χ4v) is 4.86. The van der Waals surface area contributed by atoms with Crippen LogP contribution in [0.25, 0.3) is 0 Å². The summed E-state index contributed by atoms with van der Waals surface area (Å²) in [5, 5.41) is 0. The molecule has 1 aliphatic heterocycles. The average molecular weight is 260 g/mol. The molecule has 0 bridgehead atoms. The van der Waals surface area contributed by atoms with Gasteiger partial charge in [0.15, 0.2) is 0 Å². The Morgan fingerprint density at radius 2 is 1.70 bits per heavy atom. The van der Waals surface area contributed by atoms with E-state index in [9.17, 15) is 0 Å². The van der Waals surface area contributed by atoms with Crippen LogP contribution >= 0.6 is 35.0 Å². The Morgan fingerprint density at radius 3 is 2.10 bits per heavy atom. The predicted molar refractivity (Wildman–Crippen MR) is 51.0 cm³/mol. The summed E-state index contributed by atoms with van der Waals surface area (Å²) >= 11 is 13.4. The molecule has 10 heavy (non-hydrogen) atoms. The second kappa shape index (κ2) is 4.74. The Morgan fingerprint density at radius 1 is 1.20 bits per heavy atom. The van der Waals surface area contributed by atoms with Crippen molar-refractivity contribution in [2.75, 3.05) is 11.5 Å². The predicted octanol–water partition coefficient (Wildman–Crippen LogP) is 2.60. The molecule has 0 spiro atoms. The molecule has 4 heteroatoms. The van der Waals surface area contributed by atoms with Gasteiger partial charge < -0.3 is 0 Å². The first-order valence-electron chi connectivity index (χ1n) is 2.71. The molecule has 1 heterocycles. The SMILES string of the molecule is Cl/C=C1\CSC/C(=C\Cl)[Se]1. The second-order valence-electron chi connectivity index (χ2n) is 1.75. The molecule has 0 radical (unpaired) electrons. The van der Waals surface area contributed by atoms with Gasteiger partial charge in [-0.2, -0.15) is 0 Å². The van der Waals surface area contributed by atoms with Crippen LogP contribution in [-0.4, -0.2) is 26.5 Å². The minimum atomic E-state index is 0.425. The van der Waals surface area contributed by atoms with Crippen LogP contribution in [0.4, 0.5) is 0 Å². The number of thioether (sulfide) groups is 1. The summed E-state index contributed by atoms with van der Waals surface area (Å²) in [6.07, 6.45) is 0. The van der Waals surface area contributed by atoms with Crippen LogP contribution in [-0.2, 0) is 0 Å². The van der Waals surface area contributed by atoms with Gasteiger partial charge in [0.05, 0.1) is 0 Å². The van der Waals surface area contributed by atoms with Crippen molar-refractivity contribution in [3.05, 3.63) is 20.0 Å². The molecule has 0 unspecified atom stereocenters. The summed E-state index contributed by atoms with van der Waals surface area (Å²) in [7, 11) is 0. The van der Waals surface area contributed by atoms with Crippen LogP contribution in [0.3, 0.4) is 0 Å². The van der Waals surface area contributed by atoms with E-state index >= 15 is 0 Å². The summed E-state index contributed by atoms with van der Waals surface area (Å²) in [5.74, 6) is 2.16. The molecule has 0 nitrogen and oxygen atoms in total. The maximum atomic E-state index is 5.57. The summed E-state index contributed by atoms with van der Waals surface area (Å²) in [5.41, 5.74) is 3.37. The number of hydrogen-bond donors (Lipinski definition) is 0. The van der Waals surface area contributed by atoms with E-state index in [0.29, 0.717) is 15.0 Å². The first-order valence-corrected chi connectivity index (χ1v) is 6.45. The quantitative estimate of drug-likeness (QED) is 0.603. The topological polar surface area (TPSA) is 0 Å². The molecule has 0 aromatic heterocycles. The Kier molecular flexibility index (Phi) is 4.27. The van der Waals surface area contributed by atoms with E-state index in [0.717, 1.165) is 11.5 Å². The molecule has 0 N–H and O–H groups in total. The second-order valence-corrected chi connectivity index (χ2v) is 5.80. The zero-order valence-electron chi connectivity index (χ0n) is 5.14. The van der Waals surface area contributed by atoms with Gasteiger partial charge in [-0.15, -0.1) is 0 Å². The van der Waals surface area contributed by atoms with E-state index in [1.165, 1.54) is 8.94 Å². The van der Waals surface area contributed by atoms with Crippen molar-refractivity contribution in [3.8, 4) is 0 Å². The van der Waals surface area contributed by atoms with Crippen molar-refractivity contribution in [2.45, 2.75) is 0 Å². The molecule has 0 atom stereocenters. The maximum absolute atomic E-state index is 5.57. The van der Waals surface area contributed by atoms with Gasteiger partial charge in [-0.05, 0) is 0 Å². The molecule has 1 fully saturated rings. The molecule has 0 amide bonds. The number of hydrogen-bond acceptors (Lipinski definition) is 1. The van der Waals surface area contributed by atoms with Gasteiger partial charge in [-0.3, -0.25) is 0 Å². The van der Waals surface area contributed by atoms with Crippen molar-refractivity contribution in [1.29, 1.82) is 0 Å². The minimum absolute atomic E-state index is 0.425. The van der Waals surface area contributed by atoms with Gasteiger partial charge in [0.1, 0.15) is 0 Å². The third-order valence-corrected chi connectivity index (χ3v) is 6.16. The normalized spacial score (nSPS) is 27.8. The van der Waals surface area contributed by atoms with Gasteiger partial charge >= 0.3 is 81.4 Å². The number of halogens is 2. The third-order valence-electron chi connectivity index (χ3n) is 0.994. The van der Waals surface area contributed by atoms with Crippen molar-refractivity contribution < 1.29 is 0 Å². The van der Waals surface area contributed by atoms with Crippen molar-refractivity contribution in [3.63, 3.8) is 0 Å². The molecule has 1 aliphatic rings. The Hall–Kier alpha value is 0.929. The van der Waals surface area contributed by atoms with Crippen LogP contribution in [0.1, 0.15) is 0 Å². The summed E-state index contributed by atoms with van der Waals surface area (Å²) in [6.45, 7) is 0. The monoisotopic (exact) mass is 260 g/mol. The number of rotatable bonds is 0. The summed E-state index contributed by atoms with van der Waals surface area (Å²) < 4.78 is 2.66. The molecule has 1 saturated heterocycles. The van der Waals surface area contributed by atoms with Gasteiger partial charge in [0, 0.05) is 0 Å². The fraction of sp³-hybridized carbons (Fsp3) is 0.333. The molecule has 0 aliphatic carbocycles. The van der Waals surface area contributed by atoms with Crippen molar-refractivity contribution in [1.82, 2.24) is 0 Å². The summed E-state index contributed by atoms with van der Waals surface area (Å²) in [6, 6.07) is 0. The first-order chi connectivity index (χ1) is 4.86. The van der Waals surface area contributed by atoms with Crippen LogP contribution in [0, 0.1) is 0 Å². The van der Waals surface area contributed by atoms with Gasteiger partial charge in [-0.25, -0.2) is 0 Å². The molecular formula is C6H6Cl2SSe. The van der Waals surface area contributed by atoms with E-state index in [1.54, 1.807) is 11.1 Å². The van der Waals surface area contributed by atoms with Crippen molar-refractivity contribution >= 4 is 49.9 Å². The van der Waals surface area contributed by atoms with Crippen LogP contribution < -0.4 is 0 Å². The van der Waals surface area contributed by atoms with E-state index in [1.807, 2.05) is 11.8 Å². The van der Waals surface area contributed by atoms with Gasteiger partial charge in [-0.1, -0.05) is 0 Å². The molecule has 0 aromatic rings. The molecule has 0 saturated carbocycles. The molecule has 56 valence electrons. The van der Waals surface area contributed by atoms with E-state index in [2.05, 4.69) is 0 Å². The fourth-order valence-electron chi connectivity index (χ4n) is 0.587. The Balaban J connectivity index is 2.56. The van der Waals surface area contributed by atoms with Crippen LogP contribution in [0.5, 0.6) is 0 Å². The summed E-state index contributed by atoms with van der Waals surface area (Å²) in [4.78, 5) is 0. The van der Waals surface area contributed by atoms with Crippen LogP contribution in [0.15, 0.2) is 20.0 Å². The van der Waals surface area contributed by atoms with E-state index in [-0.39, 0.29) is 0 Å². The van der Waals surface area contributed by atoms with E-state index in [4.69, 9.17) is 23.2 Å². The average Bonchev–Trinajstić information content (AvgIpc) is 2.05. The zero-order valence-corrected chi connectivity index (χ0v) is 9.18. The zero-order chi connectivity index (χ0) is 7.40. The van der Waals surface area contributed by atoms with Gasteiger partial charge in [0.25, 0.3) is 0 Å². The Bertz CT molecular complexity index is 159. The molecular weight excluding hydrogens is 254 g/mol. The molecule has 0 aromatic carbocycles. The first kappa shape index (κ1) is 9.02. The Labute approximate surface area is 81.2 Å². The van der Waals surface area contributed by atoms with Gasteiger partial charge in [0.2, 0.25) is 0 Å². The van der Waals surface area contributed by atoms with Crippen molar-refractivity contribution in [2.24, 2.45) is 0 Å². The third kappa shape index (κ3) is 2.52.